The van der Waals surface area contributed by atoms with Gasteiger partial charge in [-0.05, 0) is 37.1 Å². The number of sulfone groups is 2. The number of nitrogens with one attached hydrogen (secondary N) is 1. The van der Waals surface area contributed by atoms with Gasteiger partial charge in [0, 0.05) is 17.8 Å². The minimum Gasteiger partial charge on any atom is -0.325 e. The lowest BCUT2D eigenvalue weighted by molar-refractivity contribution is -0.118. The number of rotatable bonds is 5. The zero-order chi connectivity index (χ0) is 18.9. The summed E-state index contributed by atoms with van der Waals surface area (Å²) < 4.78 is 60.2. The van der Waals surface area contributed by atoms with Gasteiger partial charge < -0.3 is 5.32 Å². The highest BCUT2D eigenvalue weighted by Crippen LogP contribution is 2.25. The van der Waals surface area contributed by atoms with Crippen LogP contribution in [0, 0.1) is 5.82 Å². The molecule has 0 spiro atoms. The number of carbonyl (C=O) groups is 1. The van der Waals surface area contributed by atoms with E-state index in [1.165, 1.54) is 24.3 Å². The van der Waals surface area contributed by atoms with Gasteiger partial charge in [-0.3, -0.25) is 9.69 Å². The van der Waals surface area contributed by atoms with Crippen molar-refractivity contribution in [2.75, 3.05) is 34.9 Å². The highest BCUT2D eigenvalue weighted by molar-refractivity contribution is 7.92. The summed E-state index contributed by atoms with van der Waals surface area (Å²) in [7, 11) is -6.33. The van der Waals surface area contributed by atoms with E-state index >= 15 is 0 Å². The molecule has 7 nitrogen and oxygen atoms in total. The molecule has 0 saturated carbocycles. The van der Waals surface area contributed by atoms with E-state index in [0.29, 0.717) is 18.5 Å². The van der Waals surface area contributed by atoms with E-state index in [1.54, 1.807) is 4.90 Å². The Labute approximate surface area is 152 Å². The molecule has 2 saturated heterocycles. The van der Waals surface area contributed by atoms with Crippen molar-refractivity contribution >= 4 is 31.3 Å². The summed E-state index contributed by atoms with van der Waals surface area (Å²) >= 11 is 0. The fourth-order valence-corrected chi connectivity index (χ4v) is 7.01. The van der Waals surface area contributed by atoms with Crippen molar-refractivity contribution in [2.24, 2.45) is 0 Å². The molecule has 2 unspecified atom stereocenters. The van der Waals surface area contributed by atoms with Gasteiger partial charge in [0.2, 0.25) is 5.91 Å². The summed E-state index contributed by atoms with van der Waals surface area (Å²) in [5.41, 5.74) is 0.425. The Kier molecular flexibility index (Phi) is 5.36. The van der Waals surface area contributed by atoms with E-state index in [-0.39, 0.29) is 47.5 Å². The third kappa shape index (κ3) is 4.80. The Balaban J connectivity index is 1.73. The molecule has 2 atom stereocenters. The summed E-state index contributed by atoms with van der Waals surface area (Å²) in [5, 5.41) is 2.64. The maximum absolute atomic E-state index is 13.0. The Morgan fingerprint density at radius 3 is 1.92 bits per heavy atom. The Bertz CT molecular complexity index is 840. The van der Waals surface area contributed by atoms with E-state index in [2.05, 4.69) is 5.32 Å². The van der Waals surface area contributed by atoms with Gasteiger partial charge in [-0.25, -0.2) is 21.2 Å². The Morgan fingerprint density at radius 1 is 1.00 bits per heavy atom. The molecule has 1 aromatic carbocycles. The van der Waals surface area contributed by atoms with Gasteiger partial charge in [0.15, 0.2) is 19.7 Å². The van der Waals surface area contributed by atoms with Gasteiger partial charge in [0.05, 0.1) is 29.6 Å². The molecule has 3 rings (SSSR count). The highest BCUT2D eigenvalue weighted by atomic mass is 32.2. The van der Waals surface area contributed by atoms with E-state index in [4.69, 9.17) is 0 Å². The van der Waals surface area contributed by atoms with Crippen LogP contribution < -0.4 is 5.32 Å². The van der Waals surface area contributed by atoms with Gasteiger partial charge in [-0.1, -0.05) is 0 Å². The number of hydrogen-bond donors (Lipinski definition) is 1. The molecule has 0 aromatic heterocycles. The number of hydrogen-bond acceptors (Lipinski definition) is 6. The topological polar surface area (TPSA) is 101 Å². The monoisotopic (exact) mass is 404 g/mol. The molecule has 144 valence electrons. The number of amides is 1. The second-order valence-corrected chi connectivity index (χ2v) is 11.3. The first-order chi connectivity index (χ1) is 12.1. The number of nitrogens with zero attached hydrogens (tertiary/aromatic N) is 1. The summed E-state index contributed by atoms with van der Waals surface area (Å²) in [6.45, 7) is -0.0995. The maximum atomic E-state index is 13.0. The molecule has 1 N–H and O–H groups in total. The molecular weight excluding hydrogens is 383 g/mol. The van der Waals surface area contributed by atoms with Crippen molar-refractivity contribution in [3.63, 3.8) is 0 Å². The molecule has 2 aliphatic heterocycles. The van der Waals surface area contributed by atoms with Crippen molar-refractivity contribution < 1.29 is 26.0 Å². The molecule has 0 aliphatic carbocycles. The Hall–Kier alpha value is -1.52. The minimum atomic E-state index is -3.16. The molecule has 0 bridgehead atoms. The second kappa shape index (κ2) is 7.24. The number of anilines is 1. The molecule has 10 heteroatoms. The van der Waals surface area contributed by atoms with Crippen LogP contribution >= 0.6 is 0 Å². The molecule has 2 aliphatic rings. The predicted octanol–water partition coefficient (Wildman–Crippen LogP) is 0.440. The van der Waals surface area contributed by atoms with Crippen LogP contribution in [0.3, 0.4) is 0 Å². The quantitative estimate of drug-likeness (QED) is 0.764. The third-order valence-corrected chi connectivity index (χ3v) is 8.31. The fraction of sp³-hybridized carbons (Fsp3) is 0.562. The largest absolute Gasteiger partial charge is 0.325 e. The number of carbonyl (C=O) groups excluding carboxylic acids is 1. The van der Waals surface area contributed by atoms with Crippen molar-refractivity contribution in [1.29, 1.82) is 0 Å². The average molecular weight is 404 g/mol. The first-order valence-corrected chi connectivity index (χ1v) is 12.0. The molecule has 1 amide bonds. The lowest BCUT2D eigenvalue weighted by Gasteiger charge is -2.32. The maximum Gasteiger partial charge on any atom is 0.238 e. The van der Waals surface area contributed by atoms with Gasteiger partial charge in [0.25, 0.3) is 0 Å². The SMILES string of the molecule is O=C(CN(C1CCS(=O)(=O)C1)C1CCS(=O)(=O)C1)Nc1ccc(F)cc1. The number of benzene rings is 1. The van der Waals surface area contributed by atoms with Gasteiger partial charge in [0.1, 0.15) is 5.82 Å². The first kappa shape index (κ1) is 19.2. The van der Waals surface area contributed by atoms with E-state index in [9.17, 15) is 26.0 Å². The summed E-state index contributed by atoms with van der Waals surface area (Å²) in [6.07, 6.45) is 0.783. The van der Waals surface area contributed by atoms with Crippen molar-refractivity contribution in [1.82, 2.24) is 4.90 Å². The average Bonchev–Trinajstić information content (AvgIpc) is 3.09. The van der Waals surface area contributed by atoms with Gasteiger partial charge >= 0.3 is 0 Å². The third-order valence-electron chi connectivity index (χ3n) is 4.81. The van der Waals surface area contributed by atoms with Crippen molar-refractivity contribution in [2.45, 2.75) is 24.9 Å². The van der Waals surface area contributed by atoms with Crippen LogP contribution in [0.4, 0.5) is 10.1 Å². The Morgan fingerprint density at radius 2 is 1.50 bits per heavy atom. The predicted molar refractivity (Wildman–Crippen MR) is 95.9 cm³/mol. The van der Waals surface area contributed by atoms with E-state index in [1.807, 2.05) is 0 Å². The van der Waals surface area contributed by atoms with Crippen LogP contribution in [-0.2, 0) is 24.5 Å². The summed E-state index contributed by atoms with van der Waals surface area (Å²) in [4.78, 5) is 14.1. The van der Waals surface area contributed by atoms with Gasteiger partial charge in [-0.15, -0.1) is 0 Å². The van der Waals surface area contributed by atoms with Crippen LogP contribution in [0.1, 0.15) is 12.8 Å². The molecule has 1 aromatic rings. The summed E-state index contributed by atoms with van der Waals surface area (Å²) in [6, 6.07) is 4.57. The normalized spacial score (nSPS) is 26.8. The standard InChI is InChI=1S/C16H21FN2O5S2/c17-12-1-3-13(4-2-12)18-16(20)9-19(14-5-7-25(21,22)10-14)15-6-8-26(23,24)11-15/h1-4,14-15H,5-11H2,(H,18,20). The van der Waals surface area contributed by atoms with Crippen molar-refractivity contribution in [3.8, 4) is 0 Å². The smallest absolute Gasteiger partial charge is 0.238 e. The molecule has 2 heterocycles. The number of halogens is 1. The molecular formula is C16H21FN2O5S2. The fourth-order valence-electron chi connectivity index (χ4n) is 3.53. The molecule has 0 radical (unpaired) electrons. The zero-order valence-corrected chi connectivity index (χ0v) is 15.7. The minimum absolute atomic E-state index is 0.0488. The van der Waals surface area contributed by atoms with Crippen molar-refractivity contribution in [3.05, 3.63) is 30.1 Å². The molecule has 2 fully saturated rings. The first-order valence-electron chi connectivity index (χ1n) is 8.36. The molecule has 26 heavy (non-hydrogen) atoms. The lowest BCUT2D eigenvalue weighted by atomic mass is 10.1. The zero-order valence-electron chi connectivity index (χ0n) is 14.1. The van der Waals surface area contributed by atoms with Crippen LogP contribution in [0.15, 0.2) is 24.3 Å². The van der Waals surface area contributed by atoms with Gasteiger partial charge in [-0.2, -0.15) is 0 Å². The van der Waals surface area contributed by atoms with E-state index < -0.39 is 25.5 Å². The lowest BCUT2D eigenvalue weighted by Crippen LogP contribution is -2.48. The van der Waals surface area contributed by atoms with Crippen LogP contribution in [0.5, 0.6) is 0 Å². The van der Waals surface area contributed by atoms with Crippen LogP contribution in [0.25, 0.3) is 0 Å². The second-order valence-electron chi connectivity index (χ2n) is 6.84. The van der Waals surface area contributed by atoms with E-state index in [0.717, 1.165) is 0 Å². The highest BCUT2D eigenvalue weighted by Gasteiger charge is 2.40. The van der Waals surface area contributed by atoms with Crippen LogP contribution in [0.2, 0.25) is 0 Å². The summed E-state index contributed by atoms with van der Waals surface area (Å²) in [5.74, 6) is -0.830. The van der Waals surface area contributed by atoms with Crippen LogP contribution in [-0.4, -0.2) is 69.3 Å².